The molecule has 1 aromatic heterocycles. The van der Waals surface area contributed by atoms with Crippen molar-refractivity contribution in [1.82, 2.24) is 15.6 Å². The molecule has 1 aromatic carbocycles. The highest BCUT2D eigenvalue weighted by atomic mass is 16.5. The normalized spacial score (nSPS) is 12.1. The summed E-state index contributed by atoms with van der Waals surface area (Å²) < 4.78 is 11.0. The number of aliphatic imine (C=N–C) groups is 1. The van der Waals surface area contributed by atoms with E-state index in [1.54, 1.807) is 13.3 Å². The van der Waals surface area contributed by atoms with Crippen LogP contribution < -0.4 is 15.4 Å². The van der Waals surface area contributed by atoms with E-state index in [0.717, 1.165) is 43.4 Å². The number of guanidine groups is 1. The van der Waals surface area contributed by atoms with Gasteiger partial charge < -0.3 is 19.8 Å². The number of oxazole rings is 1. The van der Waals surface area contributed by atoms with Gasteiger partial charge in [-0.15, -0.1) is 0 Å². The van der Waals surface area contributed by atoms with Crippen LogP contribution in [-0.2, 0) is 18.4 Å². The quantitative estimate of drug-likeness (QED) is 0.420. The molecule has 0 aliphatic rings. The molecule has 27 heavy (non-hydrogen) atoms. The Labute approximate surface area is 162 Å². The van der Waals surface area contributed by atoms with Crippen LogP contribution in [0.2, 0.25) is 0 Å². The Morgan fingerprint density at radius 1 is 1.19 bits per heavy atom. The fourth-order valence-electron chi connectivity index (χ4n) is 2.51. The van der Waals surface area contributed by atoms with E-state index in [0.29, 0.717) is 12.4 Å². The minimum Gasteiger partial charge on any atom is -0.497 e. The first-order valence-electron chi connectivity index (χ1n) is 9.52. The van der Waals surface area contributed by atoms with Crippen LogP contribution in [0.25, 0.3) is 0 Å². The Bertz CT molecular complexity index is 715. The second-order valence-corrected chi connectivity index (χ2v) is 7.44. The summed E-state index contributed by atoms with van der Waals surface area (Å²) in [6.07, 6.45) is 3.81. The van der Waals surface area contributed by atoms with Crippen molar-refractivity contribution in [2.24, 2.45) is 4.99 Å². The maximum absolute atomic E-state index is 5.79. The van der Waals surface area contributed by atoms with Crippen LogP contribution in [0.4, 0.5) is 0 Å². The van der Waals surface area contributed by atoms with E-state index in [9.17, 15) is 0 Å². The van der Waals surface area contributed by atoms with Crippen LogP contribution in [0.3, 0.4) is 0 Å². The summed E-state index contributed by atoms with van der Waals surface area (Å²) >= 11 is 0. The van der Waals surface area contributed by atoms with E-state index in [2.05, 4.69) is 60.4 Å². The zero-order valence-electron chi connectivity index (χ0n) is 17.1. The number of aromatic nitrogens is 1. The number of hydrogen-bond donors (Lipinski definition) is 2. The minimum absolute atomic E-state index is 0.0425. The second kappa shape index (κ2) is 10.00. The molecule has 0 amide bonds. The molecule has 6 heteroatoms. The molecule has 2 N–H and O–H groups in total. The number of ether oxygens (including phenoxy) is 1. The predicted molar refractivity (Wildman–Crippen MR) is 109 cm³/mol. The average molecular weight is 373 g/mol. The number of hydrogen-bond acceptors (Lipinski definition) is 4. The largest absolute Gasteiger partial charge is 0.497 e. The molecule has 148 valence electrons. The van der Waals surface area contributed by atoms with E-state index in [1.807, 2.05) is 12.1 Å². The first-order valence-corrected chi connectivity index (χ1v) is 9.52. The molecule has 0 radical (unpaired) electrons. The van der Waals surface area contributed by atoms with Crippen molar-refractivity contribution < 1.29 is 9.15 Å². The van der Waals surface area contributed by atoms with Gasteiger partial charge in [-0.2, -0.15) is 0 Å². The van der Waals surface area contributed by atoms with Gasteiger partial charge in [0, 0.05) is 18.5 Å². The van der Waals surface area contributed by atoms with Gasteiger partial charge in [-0.1, -0.05) is 32.9 Å². The van der Waals surface area contributed by atoms with Crippen LogP contribution in [-0.4, -0.2) is 31.1 Å². The van der Waals surface area contributed by atoms with Crippen LogP contribution in [0.15, 0.2) is 39.9 Å². The highest BCUT2D eigenvalue weighted by Gasteiger charge is 2.18. The van der Waals surface area contributed by atoms with Gasteiger partial charge in [0.15, 0.2) is 5.96 Å². The smallest absolute Gasteiger partial charge is 0.216 e. The summed E-state index contributed by atoms with van der Waals surface area (Å²) in [5.74, 6) is 3.18. The van der Waals surface area contributed by atoms with Crippen molar-refractivity contribution in [1.29, 1.82) is 0 Å². The standard InChI is InChI=1S/C21H32N4O2/c1-6-22-20(25-15-19-24-14-18(27-19)21(2,3)4)23-13-7-8-16-9-11-17(26-5)12-10-16/h9-12,14H,6-8,13,15H2,1-5H3,(H2,22,23,25). The summed E-state index contributed by atoms with van der Waals surface area (Å²) in [6.45, 7) is 10.4. The van der Waals surface area contributed by atoms with Crippen molar-refractivity contribution in [3.63, 3.8) is 0 Å². The lowest BCUT2D eigenvalue weighted by molar-refractivity contribution is 0.383. The van der Waals surface area contributed by atoms with Gasteiger partial charge in [0.1, 0.15) is 18.1 Å². The topological polar surface area (TPSA) is 71.7 Å². The van der Waals surface area contributed by atoms with E-state index in [1.165, 1.54) is 5.56 Å². The van der Waals surface area contributed by atoms with Crippen molar-refractivity contribution in [2.45, 2.75) is 52.5 Å². The number of methoxy groups -OCH3 is 1. The molecule has 0 aliphatic heterocycles. The lowest BCUT2D eigenvalue weighted by Crippen LogP contribution is -2.37. The third-order valence-corrected chi connectivity index (χ3v) is 4.10. The predicted octanol–water partition coefficient (Wildman–Crippen LogP) is 3.67. The van der Waals surface area contributed by atoms with Crippen LogP contribution >= 0.6 is 0 Å². The zero-order chi connectivity index (χ0) is 19.7. The Kier molecular flexibility index (Phi) is 7.70. The van der Waals surface area contributed by atoms with Crippen molar-refractivity contribution >= 4 is 5.96 Å². The molecule has 6 nitrogen and oxygen atoms in total. The third-order valence-electron chi connectivity index (χ3n) is 4.10. The van der Waals surface area contributed by atoms with Crippen LogP contribution in [0, 0.1) is 0 Å². The van der Waals surface area contributed by atoms with Gasteiger partial charge >= 0.3 is 0 Å². The molecule has 0 spiro atoms. The van der Waals surface area contributed by atoms with Gasteiger partial charge in [-0.25, -0.2) is 9.98 Å². The SMILES string of the molecule is CCNC(=NCc1ncc(C(C)(C)C)o1)NCCCc1ccc(OC)cc1. The summed E-state index contributed by atoms with van der Waals surface area (Å²) in [6, 6.07) is 8.20. The molecule has 0 unspecified atom stereocenters. The lowest BCUT2D eigenvalue weighted by atomic mass is 9.94. The van der Waals surface area contributed by atoms with Gasteiger partial charge in [-0.3, -0.25) is 0 Å². The zero-order valence-corrected chi connectivity index (χ0v) is 17.1. The van der Waals surface area contributed by atoms with Crippen LogP contribution in [0.5, 0.6) is 5.75 Å². The Balaban J connectivity index is 1.81. The highest BCUT2D eigenvalue weighted by molar-refractivity contribution is 5.79. The molecule has 0 fully saturated rings. The van der Waals surface area contributed by atoms with Gasteiger partial charge in [0.05, 0.1) is 13.3 Å². The average Bonchev–Trinajstić information content (AvgIpc) is 3.13. The Hall–Kier alpha value is -2.50. The van der Waals surface area contributed by atoms with E-state index in [4.69, 9.17) is 9.15 Å². The summed E-state index contributed by atoms with van der Waals surface area (Å²) in [5, 5.41) is 6.62. The molecule has 0 atom stereocenters. The minimum atomic E-state index is -0.0425. The molecule has 2 aromatic rings. The first kappa shape index (κ1) is 20.8. The first-order chi connectivity index (χ1) is 12.9. The number of nitrogens with one attached hydrogen (secondary N) is 2. The van der Waals surface area contributed by atoms with Gasteiger partial charge in [-0.05, 0) is 37.5 Å². The second-order valence-electron chi connectivity index (χ2n) is 7.44. The molecule has 0 saturated heterocycles. The van der Waals surface area contributed by atoms with Crippen molar-refractivity contribution in [2.75, 3.05) is 20.2 Å². The molecule has 0 saturated carbocycles. The number of aryl methyl sites for hydroxylation is 1. The number of benzene rings is 1. The molecule has 0 bridgehead atoms. The van der Waals surface area contributed by atoms with E-state index in [-0.39, 0.29) is 5.41 Å². The third kappa shape index (κ3) is 6.96. The summed E-state index contributed by atoms with van der Waals surface area (Å²) in [5.41, 5.74) is 1.26. The molecular formula is C21H32N4O2. The van der Waals surface area contributed by atoms with Gasteiger partial charge in [0.25, 0.3) is 0 Å². The number of nitrogens with zero attached hydrogens (tertiary/aromatic N) is 2. The molecular weight excluding hydrogens is 340 g/mol. The molecule has 0 aliphatic carbocycles. The van der Waals surface area contributed by atoms with Crippen molar-refractivity contribution in [3.8, 4) is 5.75 Å². The Morgan fingerprint density at radius 3 is 2.52 bits per heavy atom. The summed E-state index contributed by atoms with van der Waals surface area (Å²) in [7, 11) is 1.68. The lowest BCUT2D eigenvalue weighted by Gasteiger charge is -2.13. The van der Waals surface area contributed by atoms with E-state index < -0.39 is 0 Å². The fourth-order valence-corrected chi connectivity index (χ4v) is 2.51. The van der Waals surface area contributed by atoms with E-state index >= 15 is 0 Å². The molecule has 1 heterocycles. The fraction of sp³-hybridized carbons (Fsp3) is 0.524. The van der Waals surface area contributed by atoms with Gasteiger partial charge in [0.2, 0.25) is 5.89 Å². The highest BCUT2D eigenvalue weighted by Crippen LogP contribution is 2.22. The Morgan fingerprint density at radius 2 is 1.93 bits per heavy atom. The maximum Gasteiger partial charge on any atom is 0.216 e. The maximum atomic E-state index is 5.79. The monoisotopic (exact) mass is 372 g/mol. The summed E-state index contributed by atoms with van der Waals surface area (Å²) in [4.78, 5) is 8.89. The van der Waals surface area contributed by atoms with Crippen molar-refractivity contribution in [3.05, 3.63) is 47.7 Å². The van der Waals surface area contributed by atoms with Crippen LogP contribution in [0.1, 0.15) is 51.3 Å². The molecule has 2 rings (SSSR count). The number of rotatable bonds is 8.